The van der Waals surface area contributed by atoms with E-state index in [1.807, 2.05) is 81.4 Å². The summed E-state index contributed by atoms with van der Waals surface area (Å²) >= 11 is 6.34. The number of benzene rings is 3. The number of hydrogen-bond acceptors (Lipinski definition) is 4. The van der Waals surface area contributed by atoms with Gasteiger partial charge < -0.3 is 10.6 Å². The normalized spacial score (nSPS) is 10.6. The van der Waals surface area contributed by atoms with Gasteiger partial charge >= 0.3 is 0 Å². The van der Waals surface area contributed by atoms with Crippen LogP contribution < -0.4 is 10.6 Å². The highest BCUT2D eigenvalue weighted by atomic mass is 35.5. The van der Waals surface area contributed by atoms with Crippen LogP contribution in [0.5, 0.6) is 0 Å². The van der Waals surface area contributed by atoms with Crippen LogP contribution in [0.15, 0.2) is 72.8 Å². The minimum Gasteiger partial charge on any atom is -0.340 e. The van der Waals surface area contributed by atoms with Crippen LogP contribution in [0.2, 0.25) is 5.02 Å². The Morgan fingerprint density at radius 1 is 0.875 bits per heavy atom. The first-order valence-electron chi connectivity index (χ1n) is 10.3. The number of carbonyl (C=O) groups excluding carboxylic acids is 1. The summed E-state index contributed by atoms with van der Waals surface area (Å²) in [6.45, 7) is 5.75. The lowest BCUT2D eigenvalue weighted by Gasteiger charge is -2.13. The highest BCUT2D eigenvalue weighted by Gasteiger charge is 2.12. The van der Waals surface area contributed by atoms with E-state index in [0.717, 1.165) is 28.1 Å². The molecule has 1 heterocycles. The molecule has 4 rings (SSSR count). The highest BCUT2D eigenvalue weighted by Crippen LogP contribution is 2.28. The number of nitrogens with zero attached hydrogens (tertiary/aromatic N) is 2. The smallest absolute Gasteiger partial charge is 0.255 e. The van der Waals surface area contributed by atoms with Crippen LogP contribution in [0, 0.1) is 20.8 Å². The maximum Gasteiger partial charge on any atom is 0.255 e. The fourth-order valence-corrected chi connectivity index (χ4v) is 3.90. The Bertz CT molecular complexity index is 1270. The first kappa shape index (κ1) is 21.5. The fraction of sp³-hybridized carbons (Fsp3) is 0.115. The SMILES string of the molecule is Cc1cc(C)c(NC(=O)c2cccc(Nc3cc(-c4ccccc4)nc(C)n3)c2)c(Cl)c1. The van der Waals surface area contributed by atoms with E-state index in [1.165, 1.54) is 0 Å². The minimum absolute atomic E-state index is 0.230. The molecule has 0 radical (unpaired) electrons. The lowest BCUT2D eigenvalue weighted by molar-refractivity contribution is 0.102. The van der Waals surface area contributed by atoms with Crippen molar-refractivity contribution in [2.75, 3.05) is 10.6 Å². The predicted octanol–water partition coefficient (Wildman–Crippen LogP) is 6.72. The van der Waals surface area contributed by atoms with Gasteiger partial charge in [0, 0.05) is 22.9 Å². The van der Waals surface area contributed by atoms with E-state index in [1.54, 1.807) is 12.1 Å². The average molecular weight is 443 g/mol. The van der Waals surface area contributed by atoms with E-state index in [9.17, 15) is 4.79 Å². The number of anilines is 3. The van der Waals surface area contributed by atoms with Crippen molar-refractivity contribution in [2.24, 2.45) is 0 Å². The molecule has 0 aliphatic carbocycles. The second-order valence-corrected chi connectivity index (χ2v) is 8.06. The Kier molecular flexibility index (Phi) is 6.19. The first-order chi connectivity index (χ1) is 15.4. The zero-order valence-corrected chi connectivity index (χ0v) is 18.9. The van der Waals surface area contributed by atoms with Gasteiger partial charge in [0.25, 0.3) is 5.91 Å². The van der Waals surface area contributed by atoms with Crippen molar-refractivity contribution in [3.63, 3.8) is 0 Å². The first-order valence-corrected chi connectivity index (χ1v) is 10.6. The standard InChI is InChI=1S/C26H23ClN4O/c1-16-12-17(2)25(22(27)13-16)31-26(32)20-10-7-11-21(14-20)30-24-15-23(28-18(3)29-24)19-8-5-4-6-9-19/h4-15H,1-3H3,(H,31,32)(H,28,29,30). The number of nitrogens with one attached hydrogen (secondary N) is 2. The van der Waals surface area contributed by atoms with Gasteiger partial charge in [-0.25, -0.2) is 9.97 Å². The zero-order chi connectivity index (χ0) is 22.7. The molecule has 3 aromatic carbocycles. The molecular weight excluding hydrogens is 420 g/mol. The summed E-state index contributed by atoms with van der Waals surface area (Å²) in [4.78, 5) is 21.9. The van der Waals surface area contributed by atoms with Gasteiger partial charge in [-0.1, -0.05) is 54.1 Å². The second kappa shape index (κ2) is 9.20. The van der Waals surface area contributed by atoms with E-state index < -0.39 is 0 Å². The minimum atomic E-state index is -0.230. The molecule has 0 spiro atoms. The summed E-state index contributed by atoms with van der Waals surface area (Å²) in [5.41, 5.74) is 5.70. The maximum atomic E-state index is 12.9. The van der Waals surface area contributed by atoms with Crippen molar-refractivity contribution < 1.29 is 4.79 Å². The van der Waals surface area contributed by atoms with E-state index in [2.05, 4.69) is 20.6 Å². The third-order valence-corrected chi connectivity index (χ3v) is 5.27. The molecule has 0 saturated carbocycles. The summed E-state index contributed by atoms with van der Waals surface area (Å²) in [7, 11) is 0. The summed E-state index contributed by atoms with van der Waals surface area (Å²) in [6.07, 6.45) is 0. The van der Waals surface area contributed by atoms with Crippen LogP contribution in [0.1, 0.15) is 27.3 Å². The van der Waals surface area contributed by atoms with Gasteiger partial charge in [-0.05, 0) is 56.2 Å². The summed E-state index contributed by atoms with van der Waals surface area (Å²) in [6, 6.07) is 22.9. The monoisotopic (exact) mass is 442 g/mol. The topological polar surface area (TPSA) is 66.9 Å². The third kappa shape index (κ3) is 4.95. The van der Waals surface area contributed by atoms with Gasteiger partial charge in [-0.15, -0.1) is 0 Å². The van der Waals surface area contributed by atoms with Gasteiger partial charge in [0.05, 0.1) is 16.4 Å². The largest absolute Gasteiger partial charge is 0.340 e. The molecule has 4 aromatic rings. The van der Waals surface area contributed by atoms with E-state index >= 15 is 0 Å². The van der Waals surface area contributed by atoms with Gasteiger partial charge in [0.1, 0.15) is 11.6 Å². The molecule has 6 heteroatoms. The van der Waals surface area contributed by atoms with Crippen molar-refractivity contribution in [3.8, 4) is 11.3 Å². The Labute approximate surface area is 192 Å². The molecule has 0 saturated heterocycles. The average Bonchev–Trinajstić information content (AvgIpc) is 2.76. The van der Waals surface area contributed by atoms with Crippen LogP contribution in [0.4, 0.5) is 17.2 Å². The fourth-order valence-electron chi connectivity index (χ4n) is 3.53. The molecule has 0 atom stereocenters. The highest BCUT2D eigenvalue weighted by molar-refractivity contribution is 6.34. The van der Waals surface area contributed by atoms with Gasteiger partial charge in [0.15, 0.2) is 0 Å². The van der Waals surface area contributed by atoms with Gasteiger partial charge in [0.2, 0.25) is 0 Å². The second-order valence-electron chi connectivity index (χ2n) is 7.65. The molecule has 0 bridgehead atoms. The molecule has 0 aliphatic heterocycles. The number of aromatic nitrogens is 2. The summed E-state index contributed by atoms with van der Waals surface area (Å²) in [5.74, 6) is 1.09. The van der Waals surface area contributed by atoms with Crippen LogP contribution in [-0.4, -0.2) is 15.9 Å². The lowest BCUT2D eigenvalue weighted by Crippen LogP contribution is -2.13. The molecule has 1 amide bonds. The summed E-state index contributed by atoms with van der Waals surface area (Å²) in [5, 5.41) is 6.74. The van der Waals surface area contributed by atoms with Crippen molar-refractivity contribution >= 4 is 34.7 Å². The van der Waals surface area contributed by atoms with E-state index in [-0.39, 0.29) is 5.91 Å². The third-order valence-electron chi connectivity index (χ3n) is 4.97. The summed E-state index contributed by atoms with van der Waals surface area (Å²) < 4.78 is 0. The predicted molar refractivity (Wildman–Crippen MR) is 131 cm³/mol. The number of aryl methyl sites for hydroxylation is 3. The van der Waals surface area contributed by atoms with E-state index in [0.29, 0.717) is 27.9 Å². The van der Waals surface area contributed by atoms with Crippen LogP contribution in [-0.2, 0) is 0 Å². The Hall–Kier alpha value is -3.70. The molecule has 5 nitrogen and oxygen atoms in total. The molecule has 0 fully saturated rings. The molecular formula is C26H23ClN4O. The number of amides is 1. The molecule has 1 aromatic heterocycles. The molecule has 160 valence electrons. The molecule has 0 aliphatic rings. The maximum absolute atomic E-state index is 12.9. The quantitative estimate of drug-likeness (QED) is 0.360. The Morgan fingerprint density at radius 3 is 2.41 bits per heavy atom. The van der Waals surface area contributed by atoms with E-state index in [4.69, 9.17) is 11.6 Å². The molecule has 2 N–H and O–H groups in total. The van der Waals surface area contributed by atoms with Gasteiger partial charge in [-0.2, -0.15) is 0 Å². The number of carbonyl (C=O) groups is 1. The number of rotatable bonds is 5. The van der Waals surface area contributed by atoms with Gasteiger partial charge in [-0.3, -0.25) is 4.79 Å². The number of halogens is 1. The van der Waals surface area contributed by atoms with Crippen molar-refractivity contribution in [3.05, 3.63) is 100 Å². The van der Waals surface area contributed by atoms with Crippen LogP contribution >= 0.6 is 11.6 Å². The van der Waals surface area contributed by atoms with Crippen molar-refractivity contribution in [1.29, 1.82) is 0 Å². The molecule has 0 unspecified atom stereocenters. The van der Waals surface area contributed by atoms with Crippen molar-refractivity contribution in [1.82, 2.24) is 9.97 Å². The molecule has 32 heavy (non-hydrogen) atoms. The zero-order valence-electron chi connectivity index (χ0n) is 18.1. The van der Waals surface area contributed by atoms with Crippen molar-refractivity contribution in [2.45, 2.75) is 20.8 Å². The van der Waals surface area contributed by atoms with Crippen LogP contribution in [0.3, 0.4) is 0 Å². The Morgan fingerprint density at radius 2 is 1.66 bits per heavy atom. The van der Waals surface area contributed by atoms with Crippen LogP contribution in [0.25, 0.3) is 11.3 Å². The Balaban J connectivity index is 1.56. The number of hydrogen-bond donors (Lipinski definition) is 2. The lowest BCUT2D eigenvalue weighted by atomic mass is 10.1.